The van der Waals surface area contributed by atoms with Crippen LogP contribution in [-0.2, 0) is 10.5 Å². The van der Waals surface area contributed by atoms with Gasteiger partial charge in [0, 0.05) is 11.1 Å². The van der Waals surface area contributed by atoms with Crippen LogP contribution in [0.25, 0.3) is 0 Å². The number of benzene rings is 3. The van der Waals surface area contributed by atoms with Crippen molar-refractivity contribution in [2.45, 2.75) is 5.66 Å². The predicted molar refractivity (Wildman–Crippen MR) is 99.3 cm³/mol. The normalized spacial score (nSPS) is 11.1. The highest BCUT2D eigenvalue weighted by molar-refractivity contribution is 5.46. The van der Waals surface area contributed by atoms with Crippen molar-refractivity contribution in [3.05, 3.63) is 96.1 Å². The molecule has 0 spiro atoms. The Morgan fingerprint density at radius 2 is 1.35 bits per heavy atom. The fourth-order valence-corrected chi connectivity index (χ4v) is 2.62. The molecule has 5 nitrogen and oxygen atoms in total. The zero-order valence-corrected chi connectivity index (χ0v) is 14.2. The highest BCUT2D eigenvalue weighted by atomic mass is 16.5. The third-order valence-corrected chi connectivity index (χ3v) is 3.94. The summed E-state index contributed by atoms with van der Waals surface area (Å²) in [5.74, 6) is 0.729. The molecule has 5 heteroatoms. The van der Waals surface area contributed by atoms with E-state index in [0.717, 1.165) is 16.9 Å². The maximum absolute atomic E-state index is 11.3. The van der Waals surface area contributed by atoms with Crippen molar-refractivity contribution in [3.63, 3.8) is 0 Å². The van der Waals surface area contributed by atoms with E-state index in [-0.39, 0.29) is 0 Å². The molecule has 0 unspecified atom stereocenters. The molecule has 0 amide bonds. The van der Waals surface area contributed by atoms with Gasteiger partial charge in [-0.15, -0.1) is 5.11 Å². The van der Waals surface area contributed by atoms with Crippen LogP contribution in [0.3, 0.4) is 0 Å². The molecule has 0 saturated heterocycles. The third kappa shape index (κ3) is 3.58. The van der Waals surface area contributed by atoms with Crippen LogP contribution in [-0.4, -0.2) is 13.2 Å². The van der Waals surface area contributed by atoms with Crippen molar-refractivity contribution in [2.75, 3.05) is 7.11 Å². The Bertz CT molecular complexity index is 877. The first-order valence-electron chi connectivity index (χ1n) is 8.05. The zero-order valence-electron chi connectivity index (χ0n) is 14.2. The van der Waals surface area contributed by atoms with Gasteiger partial charge < -0.3 is 4.74 Å². The van der Waals surface area contributed by atoms with Crippen molar-refractivity contribution >= 4 is 11.8 Å². The van der Waals surface area contributed by atoms with Gasteiger partial charge in [0.05, 0.1) is 12.8 Å². The Labute approximate surface area is 151 Å². The molecule has 0 heterocycles. The van der Waals surface area contributed by atoms with Crippen molar-refractivity contribution < 1.29 is 9.53 Å². The molecule has 26 heavy (non-hydrogen) atoms. The molecule has 128 valence electrons. The summed E-state index contributed by atoms with van der Waals surface area (Å²) in [6.45, 7) is 0. The molecule has 3 aromatic carbocycles. The monoisotopic (exact) mass is 343 g/mol. The van der Waals surface area contributed by atoms with Crippen molar-refractivity contribution in [2.24, 2.45) is 15.2 Å². The van der Waals surface area contributed by atoms with Crippen LogP contribution in [0.5, 0.6) is 5.75 Å². The van der Waals surface area contributed by atoms with Crippen LogP contribution < -0.4 is 4.74 Å². The van der Waals surface area contributed by atoms with Gasteiger partial charge in [0.15, 0.2) is 0 Å². The minimum absolute atomic E-state index is 0.628. The summed E-state index contributed by atoms with van der Waals surface area (Å²) in [4.78, 5) is 15.3. The average Bonchev–Trinajstić information content (AvgIpc) is 2.73. The standard InChI is InChI=1S/C21H17N3O2/c1-26-20-14-12-19(13-15-20)23-24-21(22-16-25,17-8-4-2-5-9-17)18-10-6-3-7-11-18/h2-15H,1H3. The Kier molecular flexibility index (Phi) is 5.32. The summed E-state index contributed by atoms with van der Waals surface area (Å²) in [7, 11) is 1.60. The molecular weight excluding hydrogens is 326 g/mol. The first-order chi connectivity index (χ1) is 12.8. The maximum Gasteiger partial charge on any atom is 0.238 e. The number of isocyanates is 1. The van der Waals surface area contributed by atoms with Crippen LogP contribution >= 0.6 is 0 Å². The maximum atomic E-state index is 11.3. The summed E-state index contributed by atoms with van der Waals surface area (Å²) < 4.78 is 5.15. The molecular formula is C21H17N3O2. The molecule has 0 aliphatic carbocycles. The smallest absolute Gasteiger partial charge is 0.238 e. The molecule has 0 atom stereocenters. The van der Waals surface area contributed by atoms with Gasteiger partial charge in [-0.2, -0.15) is 10.1 Å². The molecule has 0 aliphatic rings. The van der Waals surface area contributed by atoms with Gasteiger partial charge in [0.1, 0.15) is 5.75 Å². The molecule has 3 rings (SSSR count). The lowest BCUT2D eigenvalue weighted by atomic mass is 9.92. The fraction of sp³-hybridized carbons (Fsp3) is 0.0952. The fourth-order valence-electron chi connectivity index (χ4n) is 2.62. The highest BCUT2D eigenvalue weighted by Gasteiger charge is 2.34. The van der Waals surface area contributed by atoms with Crippen LogP contribution in [0.4, 0.5) is 5.69 Å². The Morgan fingerprint density at radius 3 is 1.81 bits per heavy atom. The number of methoxy groups -OCH3 is 1. The van der Waals surface area contributed by atoms with Crippen molar-refractivity contribution in [1.82, 2.24) is 0 Å². The largest absolute Gasteiger partial charge is 0.497 e. The third-order valence-electron chi connectivity index (χ3n) is 3.94. The van der Waals surface area contributed by atoms with E-state index in [1.165, 1.54) is 0 Å². The van der Waals surface area contributed by atoms with E-state index >= 15 is 0 Å². The van der Waals surface area contributed by atoms with Gasteiger partial charge in [-0.05, 0) is 24.3 Å². The zero-order chi connectivity index (χ0) is 18.2. The second kappa shape index (κ2) is 8.01. The number of ether oxygens (including phenoxy) is 1. The van der Waals surface area contributed by atoms with E-state index in [1.807, 2.05) is 60.7 Å². The topological polar surface area (TPSA) is 63.4 Å². The number of nitrogens with zero attached hydrogens (tertiary/aromatic N) is 3. The summed E-state index contributed by atoms with van der Waals surface area (Å²) in [6, 6.07) is 25.9. The van der Waals surface area contributed by atoms with E-state index in [9.17, 15) is 4.79 Å². The second-order valence-electron chi connectivity index (χ2n) is 5.51. The Balaban J connectivity index is 2.13. The number of hydrogen-bond donors (Lipinski definition) is 0. The second-order valence-corrected chi connectivity index (χ2v) is 5.51. The molecule has 0 saturated carbocycles. The summed E-state index contributed by atoms with van der Waals surface area (Å²) >= 11 is 0. The van der Waals surface area contributed by atoms with E-state index in [0.29, 0.717) is 5.69 Å². The number of aliphatic imine (C=N–C) groups is 1. The van der Waals surface area contributed by atoms with E-state index in [1.54, 1.807) is 37.5 Å². The number of carbonyl (C=O) groups excluding carboxylic acids is 1. The molecule has 0 N–H and O–H groups in total. The van der Waals surface area contributed by atoms with E-state index in [2.05, 4.69) is 15.2 Å². The number of hydrogen-bond acceptors (Lipinski definition) is 5. The first-order valence-corrected chi connectivity index (χ1v) is 8.05. The summed E-state index contributed by atoms with van der Waals surface area (Å²) in [5, 5.41) is 8.79. The summed E-state index contributed by atoms with van der Waals surface area (Å²) in [6.07, 6.45) is 1.66. The minimum atomic E-state index is -1.29. The predicted octanol–water partition coefficient (Wildman–Crippen LogP) is 5.02. The molecule has 0 radical (unpaired) electrons. The molecule has 3 aromatic rings. The highest BCUT2D eigenvalue weighted by Crippen LogP contribution is 2.36. The van der Waals surface area contributed by atoms with Gasteiger partial charge in [0.25, 0.3) is 0 Å². The van der Waals surface area contributed by atoms with Gasteiger partial charge in [-0.1, -0.05) is 60.7 Å². The van der Waals surface area contributed by atoms with Crippen LogP contribution in [0.2, 0.25) is 0 Å². The minimum Gasteiger partial charge on any atom is -0.497 e. The molecule has 0 aliphatic heterocycles. The van der Waals surface area contributed by atoms with Crippen LogP contribution in [0.1, 0.15) is 11.1 Å². The lowest BCUT2D eigenvalue weighted by Gasteiger charge is -2.23. The van der Waals surface area contributed by atoms with Crippen LogP contribution in [0.15, 0.2) is 100 Å². The van der Waals surface area contributed by atoms with Gasteiger partial charge in [0.2, 0.25) is 11.7 Å². The van der Waals surface area contributed by atoms with Crippen molar-refractivity contribution in [3.8, 4) is 5.75 Å². The SMILES string of the molecule is COc1ccc(N=NC(N=C=O)(c2ccccc2)c2ccccc2)cc1. The Morgan fingerprint density at radius 1 is 0.808 bits per heavy atom. The van der Waals surface area contributed by atoms with Crippen molar-refractivity contribution in [1.29, 1.82) is 0 Å². The molecule has 0 fully saturated rings. The van der Waals surface area contributed by atoms with E-state index < -0.39 is 5.66 Å². The first kappa shape index (κ1) is 17.3. The molecule has 0 aromatic heterocycles. The molecule has 0 bridgehead atoms. The van der Waals surface area contributed by atoms with Gasteiger partial charge >= 0.3 is 0 Å². The lowest BCUT2D eigenvalue weighted by molar-refractivity contribution is 0.415. The van der Waals surface area contributed by atoms with Crippen LogP contribution in [0, 0.1) is 0 Å². The lowest BCUT2D eigenvalue weighted by Crippen LogP contribution is -2.22. The van der Waals surface area contributed by atoms with Gasteiger partial charge in [-0.3, -0.25) is 0 Å². The van der Waals surface area contributed by atoms with E-state index in [4.69, 9.17) is 4.74 Å². The quantitative estimate of drug-likeness (QED) is 0.358. The number of azo groups is 1. The Hall–Kier alpha value is -3.56. The number of rotatable bonds is 6. The average molecular weight is 343 g/mol. The summed E-state index contributed by atoms with van der Waals surface area (Å²) in [5.41, 5.74) is 0.797. The van der Waals surface area contributed by atoms with Gasteiger partial charge in [-0.25, -0.2) is 4.79 Å².